The zero-order chi connectivity index (χ0) is 15.7. The molecule has 1 saturated carbocycles. The number of phenolic OH excluding ortho intramolecular Hbond substituents is 1. The van der Waals surface area contributed by atoms with Crippen LogP contribution in [0.3, 0.4) is 0 Å². The van der Waals surface area contributed by atoms with E-state index in [9.17, 15) is 18.7 Å². The third-order valence-corrected chi connectivity index (χ3v) is 3.47. The summed E-state index contributed by atoms with van der Waals surface area (Å²) < 4.78 is 27.1. The molecule has 1 fully saturated rings. The van der Waals surface area contributed by atoms with Crippen LogP contribution in [0.5, 0.6) is 5.75 Å². The molecule has 0 radical (unpaired) electrons. The summed E-state index contributed by atoms with van der Waals surface area (Å²) in [5.74, 6) is -0.216. The number of alkyl halides is 2. The number of hydrogen-bond donors (Lipinski definition) is 2. The third-order valence-electron chi connectivity index (χ3n) is 3.47. The van der Waals surface area contributed by atoms with Crippen molar-refractivity contribution in [3.05, 3.63) is 41.7 Å². The molecule has 0 atom stereocenters. The molecule has 1 aliphatic rings. The Balaban J connectivity index is 1.73. The van der Waals surface area contributed by atoms with Crippen molar-refractivity contribution in [1.82, 2.24) is 9.78 Å². The average molecular weight is 307 g/mol. The summed E-state index contributed by atoms with van der Waals surface area (Å²) >= 11 is 0. The number of carbonyl (C=O) groups excluding carboxylic acids is 1. The lowest BCUT2D eigenvalue weighted by Gasteiger charge is -2.08. The zero-order valence-corrected chi connectivity index (χ0v) is 11.7. The van der Waals surface area contributed by atoms with Crippen LogP contribution < -0.4 is 5.32 Å². The largest absolute Gasteiger partial charge is 0.508 e. The summed E-state index contributed by atoms with van der Waals surface area (Å²) in [5, 5.41) is 16.0. The van der Waals surface area contributed by atoms with Gasteiger partial charge in [-0.3, -0.25) is 9.48 Å². The summed E-state index contributed by atoms with van der Waals surface area (Å²) in [6, 6.07) is 7.41. The molecule has 7 heteroatoms. The maximum atomic E-state index is 13.0. The van der Waals surface area contributed by atoms with Crippen molar-refractivity contribution in [1.29, 1.82) is 0 Å². The Kier molecular flexibility index (Phi) is 3.79. The number of aromatic hydroxyl groups is 1. The molecule has 0 spiro atoms. The van der Waals surface area contributed by atoms with Crippen LogP contribution in [0, 0.1) is 0 Å². The van der Waals surface area contributed by atoms with Gasteiger partial charge in [0.15, 0.2) is 0 Å². The fraction of sp³-hybridized carbons (Fsp3) is 0.333. The van der Waals surface area contributed by atoms with Crippen LogP contribution in [-0.2, 0) is 11.3 Å². The number of amides is 1. The fourth-order valence-electron chi connectivity index (χ4n) is 2.25. The van der Waals surface area contributed by atoms with Crippen LogP contribution >= 0.6 is 0 Å². The second kappa shape index (κ2) is 5.75. The van der Waals surface area contributed by atoms with Crippen molar-refractivity contribution in [3.8, 4) is 5.75 Å². The average Bonchev–Trinajstić information content (AvgIpc) is 3.20. The van der Waals surface area contributed by atoms with E-state index in [-0.39, 0.29) is 23.9 Å². The van der Waals surface area contributed by atoms with Gasteiger partial charge in [-0.1, -0.05) is 6.07 Å². The smallest absolute Gasteiger partial charge is 0.280 e. The zero-order valence-electron chi connectivity index (χ0n) is 11.7. The quantitative estimate of drug-likeness (QED) is 0.892. The summed E-state index contributed by atoms with van der Waals surface area (Å²) in [7, 11) is 0. The molecular weight excluding hydrogens is 292 g/mol. The standard InChI is InChI=1S/C15H15F2N3O2/c16-15(17)13-7-12(9-4-5-9)19-20(13)8-14(22)18-10-2-1-3-11(21)6-10/h1-3,6-7,9,15,21H,4-5,8H2,(H,18,22). The Morgan fingerprint density at radius 1 is 1.41 bits per heavy atom. The number of benzene rings is 1. The normalized spacial score (nSPS) is 14.3. The molecule has 2 N–H and O–H groups in total. The highest BCUT2D eigenvalue weighted by Crippen LogP contribution is 2.40. The molecule has 22 heavy (non-hydrogen) atoms. The number of hydrogen-bond acceptors (Lipinski definition) is 3. The van der Waals surface area contributed by atoms with Crippen molar-refractivity contribution < 1.29 is 18.7 Å². The molecule has 1 aromatic carbocycles. The number of nitrogens with zero attached hydrogens (tertiary/aromatic N) is 2. The minimum absolute atomic E-state index is 0.0150. The van der Waals surface area contributed by atoms with Gasteiger partial charge in [-0.05, 0) is 31.0 Å². The Bertz CT molecular complexity index is 696. The SMILES string of the molecule is O=C(Cn1nc(C2CC2)cc1C(F)F)Nc1cccc(O)c1. The molecule has 5 nitrogen and oxygen atoms in total. The maximum Gasteiger partial charge on any atom is 0.280 e. The van der Waals surface area contributed by atoms with Crippen LogP contribution in [0.1, 0.15) is 36.6 Å². The van der Waals surface area contributed by atoms with E-state index in [1.165, 1.54) is 18.2 Å². The monoisotopic (exact) mass is 307 g/mol. The van der Waals surface area contributed by atoms with Gasteiger partial charge in [0.2, 0.25) is 5.91 Å². The molecule has 1 aliphatic carbocycles. The van der Waals surface area contributed by atoms with Gasteiger partial charge in [0, 0.05) is 17.7 Å². The Morgan fingerprint density at radius 2 is 2.18 bits per heavy atom. The van der Waals surface area contributed by atoms with Crippen LogP contribution in [0.4, 0.5) is 14.5 Å². The Hall–Kier alpha value is -2.44. The molecular formula is C15H15F2N3O2. The molecule has 1 heterocycles. The number of aromatic nitrogens is 2. The lowest BCUT2D eigenvalue weighted by Crippen LogP contribution is -2.21. The Morgan fingerprint density at radius 3 is 2.82 bits per heavy atom. The molecule has 0 unspecified atom stereocenters. The summed E-state index contributed by atoms with van der Waals surface area (Å²) in [6.45, 7) is -0.290. The summed E-state index contributed by atoms with van der Waals surface area (Å²) in [5.41, 5.74) is 0.784. The van der Waals surface area contributed by atoms with Gasteiger partial charge in [0.05, 0.1) is 5.69 Å². The molecule has 3 rings (SSSR count). The molecule has 1 aromatic heterocycles. The molecule has 0 saturated heterocycles. The lowest BCUT2D eigenvalue weighted by atomic mass is 10.3. The highest BCUT2D eigenvalue weighted by atomic mass is 19.3. The van der Waals surface area contributed by atoms with Crippen LogP contribution in [0.25, 0.3) is 0 Å². The number of anilines is 1. The number of nitrogens with one attached hydrogen (secondary N) is 1. The first-order valence-electron chi connectivity index (χ1n) is 6.97. The van der Waals surface area contributed by atoms with E-state index in [0.717, 1.165) is 17.5 Å². The molecule has 2 aromatic rings. The first-order chi connectivity index (χ1) is 10.5. The number of phenols is 1. The van der Waals surface area contributed by atoms with Gasteiger partial charge in [-0.15, -0.1) is 0 Å². The minimum Gasteiger partial charge on any atom is -0.508 e. The van der Waals surface area contributed by atoms with Gasteiger partial charge >= 0.3 is 0 Å². The van der Waals surface area contributed by atoms with E-state index in [1.54, 1.807) is 12.1 Å². The van der Waals surface area contributed by atoms with E-state index in [2.05, 4.69) is 10.4 Å². The predicted molar refractivity (Wildman–Crippen MR) is 75.9 cm³/mol. The van der Waals surface area contributed by atoms with E-state index in [4.69, 9.17) is 0 Å². The first kappa shape index (κ1) is 14.5. The second-order valence-electron chi connectivity index (χ2n) is 5.33. The van der Waals surface area contributed by atoms with E-state index < -0.39 is 12.3 Å². The van der Waals surface area contributed by atoms with E-state index >= 15 is 0 Å². The van der Waals surface area contributed by atoms with Gasteiger partial charge in [0.25, 0.3) is 6.43 Å². The predicted octanol–water partition coefficient (Wildman–Crippen LogP) is 3.04. The Labute approximate surface area is 125 Å². The van der Waals surface area contributed by atoms with Crippen molar-refractivity contribution >= 4 is 11.6 Å². The van der Waals surface area contributed by atoms with Crippen molar-refractivity contribution in [2.45, 2.75) is 31.7 Å². The van der Waals surface area contributed by atoms with Crippen molar-refractivity contribution in [2.75, 3.05) is 5.32 Å². The van der Waals surface area contributed by atoms with Gasteiger partial charge in [-0.2, -0.15) is 5.10 Å². The van der Waals surface area contributed by atoms with Gasteiger partial charge < -0.3 is 10.4 Å². The molecule has 0 aliphatic heterocycles. The van der Waals surface area contributed by atoms with E-state index in [1.807, 2.05) is 0 Å². The number of halogens is 2. The van der Waals surface area contributed by atoms with Gasteiger partial charge in [0.1, 0.15) is 18.0 Å². The third kappa shape index (κ3) is 3.24. The topological polar surface area (TPSA) is 67.2 Å². The number of carbonyl (C=O) groups is 1. The minimum atomic E-state index is -2.67. The van der Waals surface area contributed by atoms with E-state index in [0.29, 0.717) is 11.4 Å². The van der Waals surface area contributed by atoms with Crippen molar-refractivity contribution in [2.24, 2.45) is 0 Å². The van der Waals surface area contributed by atoms with Crippen LogP contribution in [0.15, 0.2) is 30.3 Å². The summed E-state index contributed by atoms with van der Waals surface area (Å²) in [6.07, 6.45) is -0.766. The van der Waals surface area contributed by atoms with Crippen molar-refractivity contribution in [3.63, 3.8) is 0 Å². The fourth-order valence-corrected chi connectivity index (χ4v) is 2.25. The highest BCUT2D eigenvalue weighted by molar-refractivity contribution is 5.90. The van der Waals surface area contributed by atoms with Crippen LogP contribution in [0.2, 0.25) is 0 Å². The molecule has 116 valence electrons. The number of rotatable bonds is 5. The highest BCUT2D eigenvalue weighted by Gasteiger charge is 2.29. The van der Waals surface area contributed by atoms with Gasteiger partial charge in [-0.25, -0.2) is 8.78 Å². The molecule has 1 amide bonds. The first-order valence-corrected chi connectivity index (χ1v) is 6.97. The van der Waals surface area contributed by atoms with Crippen LogP contribution in [-0.4, -0.2) is 20.8 Å². The maximum absolute atomic E-state index is 13.0. The summed E-state index contributed by atoms with van der Waals surface area (Å²) in [4.78, 5) is 12.0. The molecule has 0 bridgehead atoms. The second-order valence-corrected chi connectivity index (χ2v) is 5.33. The lowest BCUT2D eigenvalue weighted by molar-refractivity contribution is -0.117.